The maximum absolute atomic E-state index is 11.6. The van der Waals surface area contributed by atoms with Gasteiger partial charge in [-0.2, -0.15) is 11.8 Å². The molecule has 0 aliphatic carbocycles. The second-order valence-corrected chi connectivity index (χ2v) is 7.02. The van der Waals surface area contributed by atoms with Crippen LogP contribution in [0.4, 0.5) is 0 Å². The molecule has 1 rings (SSSR count). The first kappa shape index (κ1) is 16.3. The number of hydrogen-bond donors (Lipinski definition) is 2. The topological polar surface area (TPSA) is 69.6 Å². The van der Waals surface area contributed by atoms with E-state index in [1.165, 1.54) is 0 Å². The van der Waals surface area contributed by atoms with Gasteiger partial charge in [-0.05, 0) is 17.6 Å². The Morgan fingerprint density at radius 3 is 2.74 bits per heavy atom. The molecule has 1 atom stereocenters. The third-order valence-electron chi connectivity index (χ3n) is 2.74. The zero-order valence-corrected chi connectivity index (χ0v) is 12.8. The molecule has 1 aliphatic rings. The fraction of sp³-hybridized carbons (Fsp3) is 0.846. The van der Waals surface area contributed by atoms with Crippen LogP contribution in [0.3, 0.4) is 0 Å². The molecule has 0 bridgehead atoms. The molecule has 0 radical (unpaired) electrons. The smallest absolute Gasteiger partial charge is 0.251 e. The predicted molar refractivity (Wildman–Crippen MR) is 77.0 cm³/mol. The minimum atomic E-state index is -0.849. The minimum absolute atomic E-state index is 0.00134. The van der Waals surface area contributed by atoms with Gasteiger partial charge in [-0.1, -0.05) is 20.8 Å². The molecule has 0 unspecified atom stereocenters. The zero-order valence-electron chi connectivity index (χ0n) is 11.9. The number of likely N-dealkylation sites (tertiary alicyclic amines) is 1. The van der Waals surface area contributed by atoms with Gasteiger partial charge in [-0.25, -0.2) is 0 Å². The van der Waals surface area contributed by atoms with E-state index in [1.807, 2.05) is 0 Å². The summed E-state index contributed by atoms with van der Waals surface area (Å²) >= 11 is 1.62. The Hall–Kier alpha value is -0.750. The van der Waals surface area contributed by atoms with Gasteiger partial charge in [0.05, 0.1) is 5.75 Å². The van der Waals surface area contributed by atoms with Crippen LogP contribution in [-0.4, -0.2) is 59.1 Å². The van der Waals surface area contributed by atoms with Gasteiger partial charge < -0.3 is 15.3 Å². The van der Waals surface area contributed by atoms with E-state index in [0.29, 0.717) is 31.8 Å². The number of hydrogen-bond acceptors (Lipinski definition) is 4. The van der Waals surface area contributed by atoms with Gasteiger partial charge in [0.1, 0.15) is 6.10 Å². The van der Waals surface area contributed by atoms with Gasteiger partial charge in [-0.15, -0.1) is 0 Å². The normalized spacial score (nSPS) is 19.9. The second-order valence-electron chi connectivity index (χ2n) is 6.03. The van der Waals surface area contributed by atoms with E-state index in [0.717, 1.165) is 5.75 Å². The molecular weight excluding hydrogens is 264 g/mol. The van der Waals surface area contributed by atoms with Crippen molar-refractivity contribution in [3.63, 3.8) is 0 Å². The fourth-order valence-corrected chi connectivity index (χ4v) is 2.78. The summed E-state index contributed by atoms with van der Waals surface area (Å²) in [4.78, 5) is 24.6. The van der Waals surface area contributed by atoms with Crippen LogP contribution in [0, 0.1) is 5.41 Å². The number of carbonyl (C=O) groups excluding carboxylic acids is 2. The van der Waals surface area contributed by atoms with Crippen molar-refractivity contribution in [3.05, 3.63) is 0 Å². The van der Waals surface area contributed by atoms with Crippen molar-refractivity contribution in [1.29, 1.82) is 0 Å². The van der Waals surface area contributed by atoms with Gasteiger partial charge >= 0.3 is 0 Å². The molecule has 19 heavy (non-hydrogen) atoms. The number of amides is 2. The number of carbonyl (C=O) groups is 2. The maximum Gasteiger partial charge on any atom is 0.251 e. The van der Waals surface area contributed by atoms with Crippen LogP contribution < -0.4 is 5.32 Å². The molecule has 2 N–H and O–H groups in total. The summed E-state index contributed by atoms with van der Waals surface area (Å²) in [6.45, 7) is 7.93. The van der Waals surface area contributed by atoms with E-state index in [9.17, 15) is 14.7 Å². The molecule has 1 saturated heterocycles. The second kappa shape index (κ2) is 7.14. The molecule has 0 aromatic carbocycles. The lowest BCUT2D eigenvalue weighted by Gasteiger charge is -2.18. The van der Waals surface area contributed by atoms with Gasteiger partial charge in [0.15, 0.2) is 0 Å². The Morgan fingerprint density at radius 1 is 1.53 bits per heavy atom. The van der Waals surface area contributed by atoms with Crippen LogP contribution in [0.25, 0.3) is 0 Å². The first-order chi connectivity index (χ1) is 8.79. The molecule has 6 heteroatoms. The molecule has 1 heterocycles. The Kier molecular flexibility index (Phi) is 6.13. The third kappa shape index (κ3) is 6.29. The number of nitrogens with zero attached hydrogens (tertiary/aromatic N) is 1. The first-order valence-corrected chi connectivity index (χ1v) is 7.76. The van der Waals surface area contributed by atoms with Crippen molar-refractivity contribution >= 4 is 23.6 Å². The monoisotopic (exact) mass is 288 g/mol. The highest BCUT2D eigenvalue weighted by atomic mass is 32.2. The lowest BCUT2D eigenvalue weighted by Crippen LogP contribution is -2.37. The van der Waals surface area contributed by atoms with Crippen molar-refractivity contribution in [3.8, 4) is 0 Å². The molecule has 0 aromatic heterocycles. The lowest BCUT2D eigenvalue weighted by atomic mass is 10.0. The summed E-state index contributed by atoms with van der Waals surface area (Å²) in [5.74, 6) is 1.17. The maximum atomic E-state index is 11.6. The van der Waals surface area contributed by atoms with Crippen molar-refractivity contribution in [1.82, 2.24) is 10.2 Å². The van der Waals surface area contributed by atoms with Crippen LogP contribution in [0.15, 0.2) is 0 Å². The summed E-state index contributed by atoms with van der Waals surface area (Å²) in [6.07, 6.45) is -0.355. The van der Waals surface area contributed by atoms with Crippen molar-refractivity contribution in [2.45, 2.75) is 33.3 Å². The molecule has 0 saturated carbocycles. The molecule has 5 nitrogen and oxygen atoms in total. The van der Waals surface area contributed by atoms with E-state index < -0.39 is 6.10 Å². The number of aliphatic hydroxyl groups excluding tert-OH is 1. The summed E-state index contributed by atoms with van der Waals surface area (Å²) in [5.41, 5.74) is 0.225. The number of nitrogens with one attached hydrogen (secondary N) is 1. The van der Waals surface area contributed by atoms with Crippen LogP contribution in [0.1, 0.15) is 27.2 Å². The number of rotatable bonds is 6. The summed E-state index contributed by atoms with van der Waals surface area (Å²) in [7, 11) is 0. The highest BCUT2D eigenvalue weighted by molar-refractivity contribution is 7.99. The quantitative estimate of drug-likeness (QED) is 0.746. The van der Waals surface area contributed by atoms with E-state index >= 15 is 0 Å². The summed E-state index contributed by atoms with van der Waals surface area (Å²) in [5, 5.41) is 12.1. The lowest BCUT2D eigenvalue weighted by molar-refractivity contribution is -0.134. The summed E-state index contributed by atoms with van der Waals surface area (Å²) in [6, 6.07) is 0. The highest BCUT2D eigenvalue weighted by Gasteiger charge is 2.29. The van der Waals surface area contributed by atoms with Crippen LogP contribution in [-0.2, 0) is 9.59 Å². The molecule has 1 fully saturated rings. The molecule has 110 valence electrons. The average molecular weight is 288 g/mol. The van der Waals surface area contributed by atoms with Crippen LogP contribution >= 0.6 is 11.8 Å². The Morgan fingerprint density at radius 2 is 2.21 bits per heavy atom. The van der Waals surface area contributed by atoms with E-state index in [-0.39, 0.29) is 17.2 Å². The fourth-order valence-electron chi connectivity index (χ4n) is 1.78. The molecular formula is C13H24N2O3S. The minimum Gasteiger partial charge on any atom is -0.383 e. The third-order valence-corrected chi connectivity index (χ3v) is 4.28. The Balaban J connectivity index is 2.09. The molecule has 2 amide bonds. The number of thioether (sulfide) groups is 1. The van der Waals surface area contributed by atoms with E-state index in [2.05, 4.69) is 26.1 Å². The zero-order chi connectivity index (χ0) is 14.5. The van der Waals surface area contributed by atoms with Gasteiger partial charge in [-0.3, -0.25) is 9.59 Å². The van der Waals surface area contributed by atoms with Crippen molar-refractivity contribution in [2.24, 2.45) is 5.41 Å². The Bertz CT molecular complexity index is 328. The predicted octanol–water partition coefficient (Wildman–Crippen LogP) is 0.475. The van der Waals surface area contributed by atoms with Crippen LogP contribution in [0.5, 0.6) is 0 Å². The van der Waals surface area contributed by atoms with Gasteiger partial charge in [0, 0.05) is 19.6 Å². The molecule has 1 aliphatic heterocycles. The first-order valence-electron chi connectivity index (χ1n) is 6.61. The molecule has 0 spiro atoms. The SMILES string of the molecule is CC(C)(C)CSCC(=O)NCCN1CC[C@H](O)C1=O. The van der Waals surface area contributed by atoms with E-state index in [1.54, 1.807) is 16.7 Å². The van der Waals surface area contributed by atoms with E-state index in [4.69, 9.17) is 0 Å². The standard InChI is InChI=1S/C13H24N2O3S/c1-13(2,3)9-19-8-11(17)14-5-7-15-6-4-10(16)12(15)18/h10,16H,4-9H2,1-3H3,(H,14,17)/t10-/m0/s1. The van der Waals surface area contributed by atoms with Crippen molar-refractivity contribution < 1.29 is 14.7 Å². The largest absolute Gasteiger partial charge is 0.383 e. The van der Waals surface area contributed by atoms with Crippen LogP contribution in [0.2, 0.25) is 0 Å². The van der Waals surface area contributed by atoms with Gasteiger partial charge in [0.2, 0.25) is 5.91 Å². The summed E-state index contributed by atoms with van der Waals surface area (Å²) < 4.78 is 0. The average Bonchev–Trinajstić information content (AvgIpc) is 2.59. The van der Waals surface area contributed by atoms with Gasteiger partial charge in [0.25, 0.3) is 5.91 Å². The number of aliphatic hydroxyl groups is 1. The highest BCUT2D eigenvalue weighted by Crippen LogP contribution is 2.19. The Labute approximate surface area is 119 Å². The molecule has 0 aromatic rings. The van der Waals surface area contributed by atoms with Crippen molar-refractivity contribution in [2.75, 3.05) is 31.1 Å².